The fourth-order valence-electron chi connectivity index (χ4n) is 10.1. The summed E-state index contributed by atoms with van der Waals surface area (Å²) in [7, 11) is 0. The maximum absolute atomic E-state index is 2.55. The van der Waals surface area contributed by atoms with E-state index in [0.29, 0.717) is 0 Å². The van der Waals surface area contributed by atoms with Gasteiger partial charge in [-0.3, -0.25) is 0 Å². The van der Waals surface area contributed by atoms with E-state index in [4.69, 9.17) is 0 Å². The van der Waals surface area contributed by atoms with Gasteiger partial charge in [0.2, 0.25) is 0 Å². The number of rotatable bonds is 9. The van der Waals surface area contributed by atoms with Crippen molar-refractivity contribution in [1.82, 2.24) is 0 Å². The number of hydrogen-bond acceptors (Lipinski definition) is 0. The normalized spacial score (nSPS) is 28.0. The second-order valence-corrected chi connectivity index (χ2v) is 43.4. The van der Waals surface area contributed by atoms with E-state index in [1.807, 2.05) is 11.1 Å². The van der Waals surface area contributed by atoms with Gasteiger partial charge in [-0.05, 0) is 0 Å². The van der Waals surface area contributed by atoms with Crippen LogP contribution in [0.25, 0.3) is 0 Å². The van der Waals surface area contributed by atoms with E-state index in [1.165, 1.54) is 102 Å². The minimum atomic E-state index is -2.14. The molecule has 5 atom stereocenters. The minimum Gasteiger partial charge on any atom is -1.00 e. The van der Waals surface area contributed by atoms with Gasteiger partial charge in [0, 0.05) is 0 Å². The zero-order valence-corrected chi connectivity index (χ0v) is 35.5. The summed E-state index contributed by atoms with van der Waals surface area (Å²) in [6.45, 7) is 18.7. The molecular formula is C41H65ClP3Ru. The van der Waals surface area contributed by atoms with Gasteiger partial charge in [0.1, 0.15) is 0 Å². The van der Waals surface area contributed by atoms with Crippen molar-refractivity contribution in [2.75, 3.05) is 0 Å². The van der Waals surface area contributed by atoms with Crippen molar-refractivity contribution in [3.63, 3.8) is 0 Å². The smallest absolute Gasteiger partial charge is 1.00 e. The molecule has 4 aliphatic rings. The quantitative estimate of drug-likeness (QED) is 0.175. The third-order valence-corrected chi connectivity index (χ3v) is 47.1. The molecule has 5 heteroatoms. The molecule has 4 fully saturated rings. The molecule has 4 saturated carbocycles. The molecule has 0 aliphatic heterocycles. The van der Waals surface area contributed by atoms with Gasteiger partial charge in [-0.15, -0.1) is 0 Å². The van der Waals surface area contributed by atoms with Crippen LogP contribution >= 0.6 is 20.7 Å². The molecule has 0 heterocycles. The molecule has 2 aromatic rings. The second-order valence-electron chi connectivity index (χ2n) is 15.7. The van der Waals surface area contributed by atoms with Crippen molar-refractivity contribution in [3.05, 3.63) is 68.8 Å². The molecule has 5 unspecified atom stereocenters. The topological polar surface area (TPSA) is 0 Å². The Kier molecular flexibility index (Phi) is 14.2. The van der Waals surface area contributed by atoms with Crippen LogP contribution in [0, 0.1) is 41.5 Å². The van der Waals surface area contributed by atoms with Gasteiger partial charge in [0.25, 0.3) is 0 Å². The predicted molar refractivity (Wildman–Crippen MR) is 205 cm³/mol. The van der Waals surface area contributed by atoms with Gasteiger partial charge in [0.05, 0.1) is 0 Å². The number of hydrogen-bond donors (Lipinski definition) is 0. The second kappa shape index (κ2) is 17.2. The Morgan fingerprint density at radius 3 is 1.00 bits per heavy atom. The van der Waals surface area contributed by atoms with Crippen LogP contribution in [0.1, 0.15) is 165 Å². The van der Waals surface area contributed by atoms with Crippen molar-refractivity contribution in [3.8, 4) is 0 Å². The Bertz CT molecular complexity index is 1130. The maximum atomic E-state index is 2.55. The van der Waals surface area contributed by atoms with E-state index < -0.39 is 13.3 Å². The molecule has 0 saturated heterocycles. The first-order valence-electron chi connectivity index (χ1n) is 18.9. The third kappa shape index (κ3) is 8.74. The zero-order valence-electron chi connectivity index (χ0n) is 30.0. The summed E-state index contributed by atoms with van der Waals surface area (Å²) in [5, 5.41) is 0. The van der Waals surface area contributed by atoms with E-state index in [1.54, 1.807) is 60.8 Å². The van der Waals surface area contributed by atoms with Gasteiger partial charge in [-0.2, -0.15) is 0 Å². The Labute approximate surface area is 297 Å². The predicted octanol–water partition coefficient (Wildman–Crippen LogP) is 10.9. The Balaban J connectivity index is 0.00000417. The van der Waals surface area contributed by atoms with Crippen LogP contribution < -0.4 is 12.4 Å². The van der Waals surface area contributed by atoms with Crippen molar-refractivity contribution in [2.45, 2.75) is 184 Å². The van der Waals surface area contributed by atoms with Gasteiger partial charge in [-0.25, -0.2) is 0 Å². The first kappa shape index (κ1) is 37.9. The molecular weight excluding hydrogens is 722 g/mol. The molecule has 0 bridgehead atoms. The van der Waals surface area contributed by atoms with Gasteiger partial charge in [-0.1, -0.05) is 0 Å². The van der Waals surface area contributed by atoms with Crippen molar-refractivity contribution in [2.24, 2.45) is 0 Å². The van der Waals surface area contributed by atoms with Crippen LogP contribution in [-0.4, -0.2) is 17.0 Å². The van der Waals surface area contributed by atoms with E-state index in [9.17, 15) is 0 Å². The fourth-order valence-corrected chi connectivity index (χ4v) is 59.6. The van der Waals surface area contributed by atoms with E-state index in [0.717, 1.165) is 33.3 Å². The number of aryl methyl sites for hydroxylation is 6. The summed E-state index contributed by atoms with van der Waals surface area (Å²) in [6.07, 6.45) is 26.0. The molecule has 0 N–H and O–H groups in total. The Morgan fingerprint density at radius 2 is 0.717 bits per heavy atom. The molecule has 0 nitrogen and oxygen atoms in total. The van der Waals surface area contributed by atoms with Crippen LogP contribution in [0.15, 0.2) is 24.3 Å². The van der Waals surface area contributed by atoms with Gasteiger partial charge < -0.3 is 12.4 Å². The van der Waals surface area contributed by atoms with Gasteiger partial charge >= 0.3 is 287 Å². The largest absolute Gasteiger partial charge is 1.00 e. The molecule has 259 valence electrons. The summed E-state index contributed by atoms with van der Waals surface area (Å²) in [5.74, 6) is 1.59. The molecule has 2 aromatic carbocycles. The SMILES string of the molecule is Cc1cc(C)c(C2CCC(c3c(C)cc(C)cc3C)[CH]2[Ru+]([PH]C2CCCCC2)([PH]C2CCCCC2)[PH]C2CCCCC2)c(C)c1.[Cl-]. The Morgan fingerprint density at radius 1 is 0.435 bits per heavy atom. The first-order valence-corrected chi connectivity index (χ1v) is 30.5. The average Bonchev–Trinajstić information content (AvgIpc) is 3.42. The molecule has 0 aromatic heterocycles. The molecule has 0 spiro atoms. The monoisotopic (exact) mass is 787 g/mol. The standard InChI is InChI=1S/C23H29.3C6H12P.ClH.Ru/c1-14-9-16(3)22(17(4)10-14)20-7-8-21(13-20)23-18(5)11-15(2)12-19(23)6;3*7-6-4-2-1-3-5-6;;/h9-13,20-21H,7-8H2,1-6H3;3*6-7H,1-5H2;1H;/q;3*-1;;+4/p-1. The molecule has 46 heavy (non-hydrogen) atoms. The van der Waals surface area contributed by atoms with Crippen molar-refractivity contribution in [1.29, 1.82) is 0 Å². The van der Waals surface area contributed by atoms with E-state index in [-0.39, 0.29) is 12.4 Å². The average molecular weight is 787 g/mol. The van der Waals surface area contributed by atoms with E-state index in [2.05, 4.69) is 65.8 Å². The van der Waals surface area contributed by atoms with Crippen molar-refractivity contribution < 1.29 is 25.7 Å². The maximum Gasteiger partial charge on any atom is -1.00 e. The van der Waals surface area contributed by atoms with Crippen LogP contribution in [0.2, 0.25) is 4.51 Å². The summed E-state index contributed by atoms with van der Waals surface area (Å²) < 4.78 is 0.974. The Hall–Kier alpha value is 0.643. The molecule has 4 aliphatic carbocycles. The number of benzene rings is 2. The first-order chi connectivity index (χ1) is 21.7. The van der Waals surface area contributed by atoms with E-state index >= 15 is 0 Å². The summed E-state index contributed by atoms with van der Waals surface area (Å²) in [4.78, 5) is 0. The van der Waals surface area contributed by atoms with Crippen molar-refractivity contribution >= 4 is 20.7 Å². The molecule has 6 rings (SSSR count). The summed E-state index contributed by atoms with van der Waals surface area (Å²) in [5.41, 5.74) is 16.3. The summed E-state index contributed by atoms with van der Waals surface area (Å²) in [6, 6.07) is 10.2. The zero-order chi connectivity index (χ0) is 31.6. The van der Waals surface area contributed by atoms with Crippen LogP contribution in [0.3, 0.4) is 0 Å². The molecule has 0 amide bonds. The minimum absolute atomic E-state index is 0. The third-order valence-electron chi connectivity index (χ3n) is 11.8. The molecule has 0 radical (unpaired) electrons. The van der Waals surface area contributed by atoms with Crippen LogP contribution in [-0.2, 0) is 13.3 Å². The van der Waals surface area contributed by atoms with Crippen LogP contribution in [0.5, 0.6) is 0 Å². The van der Waals surface area contributed by atoms with Gasteiger partial charge in [0.15, 0.2) is 0 Å². The number of halogens is 1. The summed E-state index contributed by atoms with van der Waals surface area (Å²) >= 11 is -2.14. The fraction of sp³-hybridized carbons (Fsp3) is 0.707. The van der Waals surface area contributed by atoms with Crippen LogP contribution in [0.4, 0.5) is 0 Å².